The summed E-state index contributed by atoms with van der Waals surface area (Å²) in [5, 5.41) is -0.163. The summed E-state index contributed by atoms with van der Waals surface area (Å²) in [6.45, 7) is 0. The number of halogens is 5. The van der Waals surface area contributed by atoms with Crippen LogP contribution in [-0.2, 0) is 16.0 Å². The van der Waals surface area contributed by atoms with E-state index in [1.807, 2.05) is 0 Å². The van der Waals surface area contributed by atoms with E-state index in [0.717, 1.165) is 24.3 Å². The molecule has 0 aliphatic heterocycles. The first-order valence-electron chi connectivity index (χ1n) is 9.62. The van der Waals surface area contributed by atoms with E-state index < -0.39 is 62.1 Å². The highest BCUT2D eigenvalue weighted by molar-refractivity contribution is 7.92. The van der Waals surface area contributed by atoms with E-state index >= 15 is 4.39 Å². The van der Waals surface area contributed by atoms with Crippen molar-refractivity contribution in [2.24, 2.45) is 0 Å². The van der Waals surface area contributed by atoms with Crippen molar-refractivity contribution in [2.45, 2.75) is 47.8 Å². The van der Waals surface area contributed by atoms with Gasteiger partial charge in [0.25, 0.3) is 5.91 Å². The lowest BCUT2D eigenvalue weighted by atomic mass is 9.93. The summed E-state index contributed by atoms with van der Waals surface area (Å²) in [4.78, 5) is 11.6. The fourth-order valence-electron chi connectivity index (χ4n) is 3.59. The van der Waals surface area contributed by atoms with E-state index in [9.17, 15) is 30.8 Å². The number of amides is 1. The number of ether oxygens (including phenoxy) is 1. The summed E-state index contributed by atoms with van der Waals surface area (Å²) >= 11 is 0. The zero-order valence-electron chi connectivity index (χ0n) is 16.9. The van der Waals surface area contributed by atoms with Gasteiger partial charge in [-0.1, -0.05) is 6.07 Å². The van der Waals surface area contributed by atoms with Crippen molar-refractivity contribution in [1.29, 1.82) is 0 Å². The minimum atomic E-state index is -4.77. The Morgan fingerprint density at radius 2 is 1.78 bits per heavy atom. The van der Waals surface area contributed by atoms with Crippen LogP contribution in [0.1, 0.15) is 41.6 Å². The van der Waals surface area contributed by atoms with Gasteiger partial charge in [-0.05, 0) is 56.0 Å². The van der Waals surface area contributed by atoms with Crippen molar-refractivity contribution in [3.63, 3.8) is 0 Å². The third kappa shape index (κ3) is 4.87. The van der Waals surface area contributed by atoms with Crippen LogP contribution in [0.3, 0.4) is 0 Å². The van der Waals surface area contributed by atoms with Crippen LogP contribution in [-0.4, -0.2) is 32.5 Å². The van der Waals surface area contributed by atoms with E-state index in [2.05, 4.69) is 5.32 Å². The monoisotopic (exact) mass is 477 g/mol. The first kappa shape index (κ1) is 24.0. The van der Waals surface area contributed by atoms with E-state index in [1.165, 1.54) is 13.2 Å². The molecular weight excluding hydrogens is 457 g/mol. The molecule has 1 fully saturated rings. The van der Waals surface area contributed by atoms with Crippen LogP contribution < -0.4 is 10.1 Å². The van der Waals surface area contributed by atoms with Gasteiger partial charge in [0.05, 0.1) is 17.6 Å². The molecule has 0 bridgehead atoms. The van der Waals surface area contributed by atoms with Crippen LogP contribution >= 0.6 is 0 Å². The molecule has 0 heterocycles. The molecule has 0 radical (unpaired) electrons. The molecule has 1 N–H and O–H groups in total. The molecule has 2 aromatic rings. The zero-order chi connectivity index (χ0) is 23.7. The Morgan fingerprint density at radius 3 is 2.38 bits per heavy atom. The Kier molecular flexibility index (Phi) is 6.50. The average molecular weight is 477 g/mol. The van der Waals surface area contributed by atoms with Crippen molar-refractivity contribution in [3.8, 4) is 5.75 Å². The lowest BCUT2D eigenvalue weighted by molar-refractivity contribution is -0.137. The molecule has 3 rings (SSSR count). The van der Waals surface area contributed by atoms with E-state index in [0.29, 0.717) is 12.1 Å². The predicted molar refractivity (Wildman–Crippen MR) is 105 cm³/mol. The standard InChI is InChI=1S/C21H20F5NO4S/c1-31-17-10-13(9-15(22)12-17)19(28)27-16-5-7-20(23,8-6-16)32(29,30)18-4-2-3-14(11-18)21(24,25)26/h2-4,9-12,16H,5-8H2,1H3,(H,27,28)/t16-,20-. The Balaban J connectivity index is 1.71. The summed E-state index contributed by atoms with van der Waals surface area (Å²) in [5.74, 6) is -1.19. The van der Waals surface area contributed by atoms with Gasteiger partial charge in [0, 0.05) is 17.7 Å². The van der Waals surface area contributed by atoms with Gasteiger partial charge >= 0.3 is 6.18 Å². The highest BCUT2D eigenvalue weighted by Gasteiger charge is 2.48. The van der Waals surface area contributed by atoms with Crippen molar-refractivity contribution in [3.05, 3.63) is 59.4 Å². The quantitative estimate of drug-likeness (QED) is 0.636. The Morgan fingerprint density at radius 1 is 1.12 bits per heavy atom. The highest BCUT2D eigenvalue weighted by atomic mass is 32.2. The third-order valence-electron chi connectivity index (χ3n) is 5.39. The van der Waals surface area contributed by atoms with Gasteiger partial charge < -0.3 is 10.1 Å². The number of carbonyl (C=O) groups is 1. The maximum Gasteiger partial charge on any atom is 0.416 e. The summed E-state index contributed by atoms with van der Waals surface area (Å²) in [5.41, 5.74) is -1.20. The number of alkyl halides is 4. The molecule has 0 aromatic heterocycles. The third-order valence-corrected chi connectivity index (χ3v) is 7.64. The van der Waals surface area contributed by atoms with Crippen molar-refractivity contribution < 1.29 is 39.9 Å². The highest BCUT2D eigenvalue weighted by Crippen LogP contribution is 2.41. The lowest BCUT2D eigenvalue weighted by Gasteiger charge is -2.34. The lowest BCUT2D eigenvalue weighted by Crippen LogP contribution is -2.45. The van der Waals surface area contributed by atoms with Gasteiger partial charge in [-0.25, -0.2) is 17.2 Å². The number of sulfone groups is 1. The van der Waals surface area contributed by atoms with Crippen LogP contribution in [0.25, 0.3) is 0 Å². The SMILES string of the molecule is COc1cc(F)cc(C(=O)N[C@H]2CC[C@](F)(S(=O)(=O)c3cccc(C(F)(F)F)c3)CC2)c1. The maximum atomic E-state index is 15.4. The van der Waals surface area contributed by atoms with Gasteiger partial charge in [0.1, 0.15) is 11.6 Å². The van der Waals surface area contributed by atoms with Gasteiger partial charge in [0.15, 0.2) is 0 Å². The van der Waals surface area contributed by atoms with Crippen molar-refractivity contribution in [1.82, 2.24) is 5.32 Å². The molecule has 0 saturated heterocycles. The molecule has 0 atom stereocenters. The summed E-state index contributed by atoms with van der Waals surface area (Å²) in [6.07, 6.45) is -5.91. The molecule has 1 amide bonds. The number of nitrogens with one attached hydrogen (secondary N) is 1. The summed E-state index contributed by atoms with van der Waals surface area (Å²) in [7, 11) is -3.40. The normalized spacial score (nSPS) is 21.8. The van der Waals surface area contributed by atoms with E-state index in [1.54, 1.807) is 0 Å². The molecule has 11 heteroatoms. The molecular formula is C21H20F5NO4S. The fourth-order valence-corrected chi connectivity index (χ4v) is 5.33. The van der Waals surface area contributed by atoms with Crippen LogP contribution in [0, 0.1) is 5.82 Å². The van der Waals surface area contributed by atoms with Gasteiger partial charge in [0.2, 0.25) is 14.8 Å². The average Bonchev–Trinajstić information content (AvgIpc) is 2.74. The smallest absolute Gasteiger partial charge is 0.416 e. The number of methoxy groups -OCH3 is 1. The first-order chi connectivity index (χ1) is 14.9. The second kappa shape index (κ2) is 8.68. The number of hydrogen-bond donors (Lipinski definition) is 1. The summed E-state index contributed by atoms with van der Waals surface area (Å²) in [6, 6.07) is 5.79. The van der Waals surface area contributed by atoms with Crippen molar-refractivity contribution in [2.75, 3.05) is 7.11 Å². The predicted octanol–water partition coefficient (Wildman–Crippen LogP) is 4.67. The molecule has 1 aliphatic carbocycles. The molecule has 5 nitrogen and oxygen atoms in total. The van der Waals surface area contributed by atoms with E-state index in [-0.39, 0.29) is 24.2 Å². The number of rotatable bonds is 5. The van der Waals surface area contributed by atoms with Crippen LogP contribution in [0.2, 0.25) is 0 Å². The number of benzene rings is 2. The number of hydrogen-bond acceptors (Lipinski definition) is 4. The molecule has 2 aromatic carbocycles. The van der Waals surface area contributed by atoms with Gasteiger partial charge in [-0.2, -0.15) is 13.2 Å². The number of carbonyl (C=O) groups excluding carboxylic acids is 1. The second-order valence-electron chi connectivity index (χ2n) is 7.54. The molecule has 1 saturated carbocycles. The second-order valence-corrected chi connectivity index (χ2v) is 9.75. The van der Waals surface area contributed by atoms with Crippen LogP contribution in [0.5, 0.6) is 5.75 Å². The molecule has 0 unspecified atom stereocenters. The maximum absolute atomic E-state index is 15.4. The minimum Gasteiger partial charge on any atom is -0.497 e. The van der Waals surface area contributed by atoms with Gasteiger partial charge in [-0.3, -0.25) is 4.79 Å². The van der Waals surface area contributed by atoms with Crippen LogP contribution in [0.15, 0.2) is 47.4 Å². The van der Waals surface area contributed by atoms with Gasteiger partial charge in [-0.15, -0.1) is 0 Å². The fraction of sp³-hybridized carbons (Fsp3) is 0.381. The van der Waals surface area contributed by atoms with Crippen LogP contribution in [0.4, 0.5) is 22.0 Å². The Labute approximate surface area is 181 Å². The Hall–Kier alpha value is -2.69. The molecule has 1 aliphatic rings. The minimum absolute atomic E-state index is 0.0180. The van der Waals surface area contributed by atoms with Crippen molar-refractivity contribution >= 4 is 15.7 Å². The zero-order valence-corrected chi connectivity index (χ0v) is 17.7. The largest absolute Gasteiger partial charge is 0.497 e. The Bertz CT molecular complexity index is 1110. The molecule has 0 spiro atoms. The first-order valence-corrected chi connectivity index (χ1v) is 11.1. The summed E-state index contributed by atoms with van der Waals surface area (Å²) < 4.78 is 98.2. The topological polar surface area (TPSA) is 72.5 Å². The van der Waals surface area contributed by atoms with E-state index in [4.69, 9.17) is 4.74 Å². The molecule has 174 valence electrons. The molecule has 32 heavy (non-hydrogen) atoms.